The third-order valence-corrected chi connectivity index (χ3v) is 6.29. The largest absolute Gasteiger partial charge is 0.466 e. The molecule has 0 aromatic heterocycles. The van der Waals surface area contributed by atoms with Crippen LogP contribution in [0, 0.1) is 5.92 Å². The van der Waals surface area contributed by atoms with Crippen molar-refractivity contribution in [2.75, 3.05) is 19.8 Å². The fourth-order valence-corrected chi connectivity index (χ4v) is 4.67. The van der Waals surface area contributed by atoms with E-state index in [2.05, 4.69) is 4.90 Å². The van der Waals surface area contributed by atoms with Crippen molar-refractivity contribution in [2.45, 2.75) is 62.6 Å². The van der Waals surface area contributed by atoms with E-state index in [9.17, 15) is 23.1 Å². The number of hydrogen-bond donors (Lipinski definition) is 2. The van der Waals surface area contributed by atoms with Crippen LogP contribution >= 0.6 is 0 Å². The number of carbonyl (C=O) groups is 2. The van der Waals surface area contributed by atoms with Crippen LogP contribution in [0.2, 0.25) is 0 Å². The SMILES string of the molecule is CCOC(=O)CN1C2CC(O)CC1CC(C(=O)OCC)C2.O=S(=O)(O)c1ccccc1. The van der Waals surface area contributed by atoms with Crippen LogP contribution in [0.25, 0.3) is 0 Å². The Balaban J connectivity index is 0.000000285. The van der Waals surface area contributed by atoms with Gasteiger partial charge in [0.05, 0.1) is 36.7 Å². The lowest BCUT2D eigenvalue weighted by Gasteiger charge is -2.49. The molecule has 2 bridgehead atoms. The Kier molecular flexibility index (Phi) is 9.42. The van der Waals surface area contributed by atoms with Crippen LogP contribution in [0.3, 0.4) is 0 Å². The second kappa shape index (κ2) is 11.6. The van der Waals surface area contributed by atoms with E-state index in [-0.39, 0.29) is 47.5 Å². The number of aliphatic hydroxyl groups is 1. The summed E-state index contributed by atoms with van der Waals surface area (Å²) < 4.78 is 39.4. The van der Waals surface area contributed by atoms with Gasteiger partial charge >= 0.3 is 11.9 Å². The van der Waals surface area contributed by atoms with Crippen molar-refractivity contribution in [1.29, 1.82) is 0 Å². The van der Waals surface area contributed by atoms with Gasteiger partial charge in [-0.1, -0.05) is 18.2 Å². The summed E-state index contributed by atoms with van der Waals surface area (Å²) in [5.41, 5.74) is 0. The molecule has 174 valence electrons. The lowest BCUT2D eigenvalue weighted by molar-refractivity contribution is -0.157. The predicted molar refractivity (Wildman–Crippen MR) is 112 cm³/mol. The summed E-state index contributed by atoms with van der Waals surface area (Å²) >= 11 is 0. The average Bonchev–Trinajstić information content (AvgIpc) is 2.69. The molecule has 2 atom stereocenters. The number of aliphatic hydroxyl groups excluding tert-OH is 1. The van der Waals surface area contributed by atoms with E-state index in [1.807, 2.05) is 0 Å². The van der Waals surface area contributed by atoms with Gasteiger partial charge in [0.25, 0.3) is 10.1 Å². The molecule has 10 heteroatoms. The topological polar surface area (TPSA) is 130 Å². The maximum absolute atomic E-state index is 11.9. The van der Waals surface area contributed by atoms with Gasteiger partial charge in [0.15, 0.2) is 0 Å². The summed E-state index contributed by atoms with van der Waals surface area (Å²) in [6.07, 6.45) is 2.15. The first kappa shape index (κ1) is 25.3. The first-order chi connectivity index (χ1) is 14.7. The first-order valence-electron chi connectivity index (χ1n) is 10.4. The molecule has 0 aliphatic carbocycles. The number of hydrogen-bond acceptors (Lipinski definition) is 8. The van der Waals surface area contributed by atoms with E-state index < -0.39 is 10.1 Å². The van der Waals surface area contributed by atoms with E-state index in [0.29, 0.717) is 38.9 Å². The summed E-state index contributed by atoms with van der Waals surface area (Å²) in [6.45, 7) is 4.59. The molecule has 2 fully saturated rings. The van der Waals surface area contributed by atoms with Gasteiger partial charge in [0.2, 0.25) is 0 Å². The number of carbonyl (C=O) groups excluding carboxylic acids is 2. The molecule has 2 N–H and O–H groups in total. The van der Waals surface area contributed by atoms with Crippen LogP contribution in [-0.4, -0.2) is 72.9 Å². The highest BCUT2D eigenvalue weighted by Gasteiger charge is 2.44. The van der Waals surface area contributed by atoms with Crippen molar-refractivity contribution in [3.63, 3.8) is 0 Å². The van der Waals surface area contributed by atoms with Gasteiger partial charge in [-0.05, 0) is 51.7 Å². The highest BCUT2D eigenvalue weighted by molar-refractivity contribution is 7.85. The molecule has 2 aliphatic heterocycles. The minimum atomic E-state index is -4.00. The number of piperidine rings is 2. The second-order valence-corrected chi connectivity index (χ2v) is 9.04. The second-order valence-electron chi connectivity index (χ2n) is 7.62. The maximum Gasteiger partial charge on any atom is 0.320 e. The Hall–Kier alpha value is -2.01. The normalized spacial score (nSPS) is 25.7. The summed E-state index contributed by atoms with van der Waals surface area (Å²) in [4.78, 5) is 25.7. The molecule has 1 aromatic rings. The molecule has 9 nitrogen and oxygen atoms in total. The van der Waals surface area contributed by atoms with Crippen LogP contribution in [0.5, 0.6) is 0 Å². The third-order valence-electron chi connectivity index (χ3n) is 5.42. The van der Waals surface area contributed by atoms with Crippen LogP contribution < -0.4 is 0 Å². The van der Waals surface area contributed by atoms with E-state index in [4.69, 9.17) is 14.0 Å². The Labute approximate surface area is 183 Å². The number of esters is 2. The third kappa shape index (κ3) is 7.57. The van der Waals surface area contributed by atoms with Gasteiger partial charge in [-0.15, -0.1) is 0 Å². The van der Waals surface area contributed by atoms with Crippen LogP contribution in [0.15, 0.2) is 35.2 Å². The summed E-state index contributed by atoms with van der Waals surface area (Å²) in [5, 5.41) is 9.94. The number of rotatable bonds is 6. The number of nitrogens with zero attached hydrogens (tertiary/aromatic N) is 1. The minimum Gasteiger partial charge on any atom is -0.466 e. The summed E-state index contributed by atoms with van der Waals surface area (Å²) in [6, 6.07) is 7.52. The van der Waals surface area contributed by atoms with Crippen molar-refractivity contribution in [3.05, 3.63) is 30.3 Å². The Bertz CT molecular complexity index is 813. The van der Waals surface area contributed by atoms with E-state index >= 15 is 0 Å². The molecule has 2 saturated heterocycles. The molecular formula is C21H31NO8S. The number of ether oxygens (including phenoxy) is 2. The molecule has 0 spiro atoms. The van der Waals surface area contributed by atoms with Crippen LogP contribution in [-0.2, 0) is 29.2 Å². The van der Waals surface area contributed by atoms with Gasteiger partial charge < -0.3 is 14.6 Å². The van der Waals surface area contributed by atoms with Crippen LogP contribution in [0.1, 0.15) is 39.5 Å². The van der Waals surface area contributed by atoms with Crippen molar-refractivity contribution >= 4 is 22.1 Å². The lowest BCUT2D eigenvalue weighted by Crippen LogP contribution is -2.57. The van der Waals surface area contributed by atoms with Gasteiger partial charge in [0.1, 0.15) is 0 Å². The Morgan fingerprint density at radius 2 is 1.55 bits per heavy atom. The van der Waals surface area contributed by atoms with Crippen LogP contribution in [0.4, 0.5) is 0 Å². The highest BCUT2D eigenvalue weighted by Crippen LogP contribution is 2.37. The van der Waals surface area contributed by atoms with E-state index in [1.165, 1.54) is 12.1 Å². The van der Waals surface area contributed by atoms with Crippen molar-refractivity contribution in [2.24, 2.45) is 5.92 Å². The summed E-state index contributed by atoms with van der Waals surface area (Å²) in [5.74, 6) is -0.510. The van der Waals surface area contributed by atoms with E-state index in [0.717, 1.165) is 0 Å². The number of benzene rings is 1. The van der Waals surface area contributed by atoms with E-state index in [1.54, 1.807) is 32.0 Å². The molecule has 2 unspecified atom stereocenters. The van der Waals surface area contributed by atoms with Crippen molar-refractivity contribution in [1.82, 2.24) is 4.90 Å². The first-order valence-corrected chi connectivity index (χ1v) is 11.9. The monoisotopic (exact) mass is 457 g/mol. The number of fused-ring (bicyclic) bond motifs is 2. The zero-order valence-electron chi connectivity index (χ0n) is 17.8. The maximum atomic E-state index is 11.9. The average molecular weight is 458 g/mol. The van der Waals surface area contributed by atoms with Crippen molar-refractivity contribution in [3.8, 4) is 0 Å². The smallest absolute Gasteiger partial charge is 0.320 e. The Morgan fingerprint density at radius 3 is 2.00 bits per heavy atom. The minimum absolute atomic E-state index is 0.0475. The molecule has 0 saturated carbocycles. The lowest BCUT2D eigenvalue weighted by atomic mass is 9.77. The van der Waals surface area contributed by atoms with Gasteiger partial charge in [-0.25, -0.2) is 0 Å². The molecule has 3 rings (SSSR count). The molecule has 2 heterocycles. The Morgan fingerprint density at radius 1 is 1.00 bits per heavy atom. The zero-order chi connectivity index (χ0) is 23.0. The van der Waals surface area contributed by atoms with Gasteiger partial charge in [0, 0.05) is 12.1 Å². The van der Waals surface area contributed by atoms with Gasteiger partial charge in [-0.3, -0.25) is 19.0 Å². The van der Waals surface area contributed by atoms with Crippen molar-refractivity contribution < 1.29 is 37.1 Å². The molecule has 1 aromatic carbocycles. The zero-order valence-corrected chi connectivity index (χ0v) is 18.7. The summed E-state index contributed by atoms with van der Waals surface area (Å²) in [7, 11) is -4.00. The molecule has 2 aliphatic rings. The predicted octanol–water partition coefficient (Wildman–Crippen LogP) is 1.65. The quantitative estimate of drug-likeness (QED) is 0.483. The molecule has 0 amide bonds. The fraction of sp³-hybridized carbons (Fsp3) is 0.619. The standard InChI is InChI=1S/C15H25NO5.C6H6O3S/c1-3-20-14(18)9-16-11-5-10(15(19)21-4-2)6-12(16)8-13(17)7-11;7-10(8,9)6-4-2-1-3-5-6/h10-13,17H,3-9H2,1-2H3;1-5H,(H,7,8,9). The molecular weight excluding hydrogens is 426 g/mol. The molecule has 31 heavy (non-hydrogen) atoms. The fourth-order valence-electron chi connectivity index (χ4n) is 4.17. The highest BCUT2D eigenvalue weighted by atomic mass is 32.2. The van der Waals surface area contributed by atoms with Gasteiger partial charge in [-0.2, -0.15) is 8.42 Å². The molecule has 0 radical (unpaired) electrons.